The molecular weight excluding hydrogens is 1110 g/mol. The average molecular weight is 1190 g/mol. The summed E-state index contributed by atoms with van der Waals surface area (Å²) in [5, 5.41) is 6.70. The third kappa shape index (κ3) is 15.5. The molecule has 21 heteroatoms. The molecule has 0 spiro atoms. The highest BCUT2D eigenvalue weighted by atomic mass is 33.1. The smallest absolute Gasteiger partial charge is 0.412 e. The lowest BCUT2D eigenvalue weighted by atomic mass is 9.98. The van der Waals surface area contributed by atoms with E-state index in [4.69, 9.17) is 43.7 Å². The van der Waals surface area contributed by atoms with Crippen molar-refractivity contribution in [2.75, 3.05) is 90.8 Å². The van der Waals surface area contributed by atoms with Gasteiger partial charge < -0.3 is 53.5 Å². The van der Waals surface area contributed by atoms with Crippen molar-refractivity contribution < 1.29 is 62.0 Å². The molecule has 4 aromatic rings. The highest BCUT2D eigenvalue weighted by molar-refractivity contribution is 8.77. The number of benzene rings is 4. The second kappa shape index (κ2) is 29.4. The molecule has 4 amide bonds. The van der Waals surface area contributed by atoms with Gasteiger partial charge >= 0.3 is 12.2 Å². The molecule has 0 aromatic heterocycles. The molecule has 4 aliphatic rings. The lowest BCUT2D eigenvalue weighted by Crippen LogP contribution is -2.51. The number of nitrogen functional groups attached to an aromatic ring is 1. The Morgan fingerprint density at radius 2 is 1.40 bits per heavy atom. The molecule has 3 fully saturated rings. The van der Waals surface area contributed by atoms with E-state index in [1.165, 1.54) is 27.4 Å². The van der Waals surface area contributed by atoms with Crippen LogP contribution >= 0.6 is 21.6 Å². The minimum Gasteiger partial charge on any atom is -0.493 e. The lowest BCUT2D eigenvalue weighted by Gasteiger charge is -2.33. The van der Waals surface area contributed by atoms with Crippen molar-refractivity contribution in [1.29, 1.82) is 0 Å². The van der Waals surface area contributed by atoms with E-state index in [0.717, 1.165) is 46.2 Å². The quantitative estimate of drug-likeness (QED) is 0.0135. The summed E-state index contributed by atoms with van der Waals surface area (Å²) >= 11 is 0. The van der Waals surface area contributed by atoms with E-state index < -0.39 is 41.2 Å². The van der Waals surface area contributed by atoms with Crippen molar-refractivity contribution in [2.24, 2.45) is 5.16 Å². The first-order valence-electron chi connectivity index (χ1n) is 28.5. The van der Waals surface area contributed by atoms with Crippen molar-refractivity contribution in [3.05, 3.63) is 119 Å². The molecule has 4 aromatic carbocycles. The number of nitrogens with one attached hydrogen (secondary N) is 1. The second-order valence-corrected chi connectivity index (χ2v) is 24.9. The molecule has 450 valence electrons. The summed E-state index contributed by atoms with van der Waals surface area (Å²) in [6, 6.07) is 21.6. The zero-order valence-electron chi connectivity index (χ0n) is 48.9. The lowest BCUT2D eigenvalue weighted by molar-refractivity contribution is -0.118. The summed E-state index contributed by atoms with van der Waals surface area (Å²) in [6.45, 7) is 16.2. The van der Waals surface area contributed by atoms with Gasteiger partial charge in [0.15, 0.2) is 29.2 Å². The molecule has 1 aliphatic carbocycles. The van der Waals surface area contributed by atoms with E-state index in [1.54, 1.807) is 60.7 Å². The van der Waals surface area contributed by atoms with Crippen LogP contribution in [0.15, 0.2) is 102 Å². The van der Waals surface area contributed by atoms with Gasteiger partial charge in [0.1, 0.15) is 26.1 Å². The number of nitrogens with two attached hydrogens (primary N) is 1. The summed E-state index contributed by atoms with van der Waals surface area (Å²) in [5.74, 6) is 1.30. The predicted octanol–water partition coefficient (Wildman–Crippen LogP) is 11.6. The monoisotopic (exact) mass is 1190 g/mol. The fourth-order valence-electron chi connectivity index (χ4n) is 10.8. The third-order valence-corrected chi connectivity index (χ3v) is 18.3. The van der Waals surface area contributed by atoms with E-state index in [1.807, 2.05) is 38.1 Å². The molecule has 3 heterocycles. The molecule has 84 heavy (non-hydrogen) atoms. The molecule has 3 N–H and O–H groups in total. The number of amides is 4. The van der Waals surface area contributed by atoms with Crippen molar-refractivity contribution in [3.63, 3.8) is 0 Å². The Kier molecular flexibility index (Phi) is 22.0. The summed E-state index contributed by atoms with van der Waals surface area (Å²) in [7, 11) is 7.50. The molecule has 3 atom stereocenters. The standard InChI is InChI=1S/C63H78N6O13S2/c1-9-10-18-43(70)23-28-83-84-63(4,5)39-82-61(73)66-52-34-57(55(76-7)32-49(52)59(72)68-36-40(2)29-42(68)35-65-77-8)79-26-17-11-16-25-78-56-33-51(64)48(31-54(56)75-6)58(71)69-37-41(3)30-53(69)60-67(24-27-80-60)62(74)81-38-50-46-21-14-12-19-44(46)45-20-13-15-22-47(45)50/h12-15,19-22,31-35,42,50,53,60H,2-3,9-11,16-18,23-30,36-39,64H2,1,4-8H3,(H,66,73)/b65-35+/t42-,53-,60?/m0/s1. The van der Waals surface area contributed by atoms with Crippen LogP contribution in [-0.2, 0) is 23.8 Å². The van der Waals surface area contributed by atoms with E-state index in [0.29, 0.717) is 81.1 Å². The zero-order valence-corrected chi connectivity index (χ0v) is 50.6. The fraction of sp³-hybridized carbons (Fsp3) is 0.460. The van der Waals surface area contributed by atoms with Crippen LogP contribution in [0.3, 0.4) is 0 Å². The van der Waals surface area contributed by atoms with Crippen LogP contribution < -0.4 is 30.0 Å². The van der Waals surface area contributed by atoms with Gasteiger partial charge in [-0.2, -0.15) is 0 Å². The van der Waals surface area contributed by atoms with Crippen LogP contribution in [-0.4, -0.2) is 154 Å². The number of carbonyl (C=O) groups is 5. The Hall–Kier alpha value is -7.36. The normalized spacial score (nSPS) is 17.5. The molecule has 3 saturated heterocycles. The Morgan fingerprint density at radius 3 is 2.07 bits per heavy atom. The van der Waals surface area contributed by atoms with Gasteiger partial charge in [0.2, 0.25) is 0 Å². The molecule has 0 radical (unpaired) electrons. The maximum absolute atomic E-state index is 14.5. The Morgan fingerprint density at radius 1 is 0.774 bits per heavy atom. The highest BCUT2D eigenvalue weighted by Gasteiger charge is 2.45. The summed E-state index contributed by atoms with van der Waals surface area (Å²) in [4.78, 5) is 78.1. The van der Waals surface area contributed by atoms with Gasteiger partial charge in [0.05, 0.1) is 80.4 Å². The average Bonchev–Trinajstić information content (AvgIpc) is 4.52. The first kappa shape index (κ1) is 62.7. The first-order valence-corrected chi connectivity index (χ1v) is 30.8. The molecule has 8 rings (SSSR count). The first-order chi connectivity index (χ1) is 40.5. The molecule has 1 unspecified atom stereocenters. The van der Waals surface area contributed by atoms with Gasteiger partial charge in [-0.15, -0.1) is 0 Å². The van der Waals surface area contributed by atoms with Crippen LogP contribution in [0, 0.1) is 0 Å². The SMILES string of the molecule is C=C1C[C@@H](/C=N/OC)N(C(=O)c2cc(OC)c(OCCCCCOc3cc(N)c(C(=O)N4CC(=C)C[C@H]4C4OCCN4C(=O)OCC4c5ccccc5-c5ccccc54)cc3OC)cc2NC(=O)OCC(C)(C)SSCCC(=O)CCCC)C1. The van der Waals surface area contributed by atoms with Crippen LogP contribution in [0.4, 0.5) is 21.0 Å². The van der Waals surface area contributed by atoms with Crippen LogP contribution in [0.25, 0.3) is 11.1 Å². The van der Waals surface area contributed by atoms with E-state index >= 15 is 0 Å². The number of ether oxygens (including phenoxy) is 7. The van der Waals surface area contributed by atoms with E-state index in [-0.39, 0.29) is 85.4 Å². The maximum atomic E-state index is 14.5. The number of Topliss-reactive ketones (excluding diaryl/α,β-unsaturated/α-hetero) is 1. The van der Waals surface area contributed by atoms with Crippen LogP contribution in [0.1, 0.15) is 116 Å². The molecular formula is C63H78N6O13S2. The van der Waals surface area contributed by atoms with Crippen molar-refractivity contribution in [3.8, 4) is 34.1 Å². The number of hydrogen-bond acceptors (Lipinski definition) is 17. The predicted molar refractivity (Wildman–Crippen MR) is 328 cm³/mol. The van der Waals surface area contributed by atoms with Crippen LogP contribution in [0.5, 0.6) is 23.0 Å². The van der Waals surface area contributed by atoms with Gasteiger partial charge in [-0.1, -0.05) is 113 Å². The summed E-state index contributed by atoms with van der Waals surface area (Å²) in [5.41, 5.74) is 13.5. The minimum atomic E-state index is -0.765. The van der Waals surface area contributed by atoms with E-state index in [2.05, 4.69) is 54.8 Å². The number of likely N-dealkylation sites (tertiary alicyclic amines) is 2. The maximum Gasteiger partial charge on any atom is 0.412 e. The number of methoxy groups -OCH3 is 2. The number of carbonyl (C=O) groups excluding carboxylic acids is 5. The largest absolute Gasteiger partial charge is 0.493 e. The van der Waals surface area contributed by atoms with Gasteiger partial charge in [0, 0.05) is 55.4 Å². The number of ketones is 1. The van der Waals surface area contributed by atoms with Crippen molar-refractivity contribution in [1.82, 2.24) is 14.7 Å². The van der Waals surface area contributed by atoms with Gasteiger partial charge in [0.25, 0.3) is 11.8 Å². The second-order valence-electron chi connectivity index (χ2n) is 21.8. The summed E-state index contributed by atoms with van der Waals surface area (Å²) in [6.07, 6.45) is 5.28. The number of rotatable bonds is 28. The summed E-state index contributed by atoms with van der Waals surface area (Å²) < 4.78 is 41.3. The number of anilines is 2. The zero-order chi connectivity index (χ0) is 59.9. The van der Waals surface area contributed by atoms with Gasteiger partial charge in [-0.3, -0.25) is 24.6 Å². The number of unbranched alkanes of at least 4 members (excludes halogenated alkanes) is 3. The van der Waals surface area contributed by atoms with Crippen LogP contribution in [0.2, 0.25) is 0 Å². The third-order valence-electron chi connectivity index (χ3n) is 15.0. The topological polar surface area (TPSA) is 219 Å². The number of nitrogens with zero attached hydrogens (tertiary/aromatic N) is 4. The molecule has 19 nitrogen and oxygen atoms in total. The number of hydrogen-bond donors (Lipinski definition) is 2. The number of oxime groups is 1. The van der Waals surface area contributed by atoms with Crippen molar-refractivity contribution in [2.45, 2.75) is 108 Å². The minimum absolute atomic E-state index is 0.0570. The van der Waals surface area contributed by atoms with Crippen molar-refractivity contribution >= 4 is 69.0 Å². The number of fused-ring (bicyclic) bond motifs is 3. The van der Waals surface area contributed by atoms with E-state index in [9.17, 15) is 24.0 Å². The molecule has 0 bridgehead atoms. The Balaban J connectivity index is 0.852. The Labute approximate surface area is 500 Å². The fourth-order valence-corrected chi connectivity index (χ4v) is 13.2. The molecule has 0 saturated carbocycles. The highest BCUT2D eigenvalue weighted by Crippen LogP contribution is 2.45. The van der Waals surface area contributed by atoms with Gasteiger partial charge in [-0.25, -0.2) is 9.59 Å². The molecule has 3 aliphatic heterocycles. The Bertz CT molecular complexity index is 3040. The van der Waals surface area contributed by atoms with Gasteiger partial charge in [-0.05, 0) is 86.8 Å².